The number of ether oxygens (including phenoxy) is 1. The van der Waals surface area contributed by atoms with Gasteiger partial charge in [0.1, 0.15) is 0 Å². The lowest BCUT2D eigenvalue weighted by molar-refractivity contribution is 0.138. The average Bonchev–Trinajstić information content (AvgIpc) is 3.28. The van der Waals surface area contributed by atoms with Crippen LogP contribution in [0.4, 0.5) is 0 Å². The van der Waals surface area contributed by atoms with Crippen LogP contribution in [0, 0.1) is 5.41 Å². The molecule has 0 amide bonds. The van der Waals surface area contributed by atoms with Crippen LogP contribution < -0.4 is 10.6 Å². The van der Waals surface area contributed by atoms with Crippen LogP contribution in [0.15, 0.2) is 4.99 Å². The molecular weight excluding hydrogens is 300 g/mol. The Morgan fingerprint density at radius 1 is 1.17 bits per heavy atom. The summed E-state index contributed by atoms with van der Waals surface area (Å²) in [7, 11) is 5.93. The van der Waals surface area contributed by atoms with Gasteiger partial charge in [0, 0.05) is 46.4 Å². The highest BCUT2D eigenvalue weighted by Gasteiger charge is 2.33. The van der Waals surface area contributed by atoms with Gasteiger partial charge in [-0.25, -0.2) is 0 Å². The van der Waals surface area contributed by atoms with Crippen molar-refractivity contribution in [3.8, 4) is 0 Å². The second-order valence-electron chi connectivity index (χ2n) is 7.72. The van der Waals surface area contributed by atoms with Crippen molar-refractivity contribution in [3.05, 3.63) is 0 Å². The van der Waals surface area contributed by atoms with E-state index in [0.717, 1.165) is 44.7 Å². The maximum absolute atomic E-state index is 5.32. The molecule has 0 aromatic rings. The first kappa shape index (κ1) is 19.5. The molecule has 0 aliphatic heterocycles. The van der Waals surface area contributed by atoms with Gasteiger partial charge < -0.3 is 20.3 Å². The standard InChI is InChI=1S/C19H38N4O/c1-20-18(21-13-14-23(2)17-8-4-5-9-17)22-16-19(12-15-24-3)10-6-7-11-19/h17H,4-16H2,1-3H3,(H2,20,21,22). The first-order chi connectivity index (χ1) is 11.7. The van der Waals surface area contributed by atoms with E-state index in [9.17, 15) is 0 Å². The van der Waals surface area contributed by atoms with Crippen molar-refractivity contribution in [2.75, 3.05) is 47.4 Å². The van der Waals surface area contributed by atoms with E-state index in [1.807, 2.05) is 7.05 Å². The van der Waals surface area contributed by atoms with Crippen LogP contribution in [0.3, 0.4) is 0 Å². The van der Waals surface area contributed by atoms with Crippen molar-refractivity contribution in [1.29, 1.82) is 0 Å². The fourth-order valence-corrected chi connectivity index (χ4v) is 4.33. The van der Waals surface area contributed by atoms with Crippen molar-refractivity contribution < 1.29 is 4.74 Å². The highest BCUT2D eigenvalue weighted by Crippen LogP contribution is 2.40. The molecule has 0 unspecified atom stereocenters. The molecule has 2 saturated carbocycles. The van der Waals surface area contributed by atoms with E-state index >= 15 is 0 Å². The van der Waals surface area contributed by atoms with Crippen molar-refractivity contribution in [1.82, 2.24) is 15.5 Å². The highest BCUT2D eigenvalue weighted by molar-refractivity contribution is 5.79. The summed E-state index contributed by atoms with van der Waals surface area (Å²) in [6, 6.07) is 0.789. The Hall–Kier alpha value is -0.810. The number of hydrogen-bond acceptors (Lipinski definition) is 3. The third-order valence-electron chi connectivity index (χ3n) is 6.06. The van der Waals surface area contributed by atoms with Crippen LogP contribution in [-0.4, -0.2) is 64.3 Å². The Labute approximate surface area is 148 Å². The lowest BCUT2D eigenvalue weighted by Gasteiger charge is -2.30. The molecule has 0 heterocycles. The molecule has 0 bridgehead atoms. The van der Waals surface area contributed by atoms with E-state index in [4.69, 9.17) is 4.74 Å². The summed E-state index contributed by atoms with van der Waals surface area (Å²) < 4.78 is 5.32. The van der Waals surface area contributed by atoms with E-state index < -0.39 is 0 Å². The van der Waals surface area contributed by atoms with E-state index in [1.165, 1.54) is 51.4 Å². The van der Waals surface area contributed by atoms with Gasteiger partial charge in [-0.1, -0.05) is 25.7 Å². The number of nitrogens with one attached hydrogen (secondary N) is 2. The molecular formula is C19H38N4O. The molecule has 0 aromatic heterocycles. The third-order valence-corrected chi connectivity index (χ3v) is 6.06. The number of hydrogen-bond donors (Lipinski definition) is 2. The lowest BCUT2D eigenvalue weighted by Crippen LogP contribution is -2.45. The van der Waals surface area contributed by atoms with Gasteiger partial charge in [0.2, 0.25) is 0 Å². The molecule has 2 rings (SSSR count). The van der Waals surface area contributed by atoms with Gasteiger partial charge in [-0.15, -0.1) is 0 Å². The first-order valence-corrected chi connectivity index (χ1v) is 9.83. The van der Waals surface area contributed by atoms with Gasteiger partial charge in [-0.2, -0.15) is 0 Å². The molecule has 0 saturated heterocycles. The van der Waals surface area contributed by atoms with Crippen molar-refractivity contribution in [3.63, 3.8) is 0 Å². The second kappa shape index (κ2) is 10.2. The minimum atomic E-state index is 0.397. The second-order valence-corrected chi connectivity index (χ2v) is 7.72. The minimum absolute atomic E-state index is 0.397. The first-order valence-electron chi connectivity index (χ1n) is 9.83. The van der Waals surface area contributed by atoms with Crippen LogP contribution >= 0.6 is 0 Å². The highest BCUT2D eigenvalue weighted by atomic mass is 16.5. The quantitative estimate of drug-likeness (QED) is 0.501. The fraction of sp³-hybridized carbons (Fsp3) is 0.947. The molecule has 2 aliphatic rings. The Balaban J connectivity index is 1.69. The summed E-state index contributed by atoms with van der Waals surface area (Å²) in [5.74, 6) is 0.943. The number of likely N-dealkylation sites (N-methyl/N-ethyl adjacent to an activating group) is 1. The van der Waals surface area contributed by atoms with Crippen LogP contribution in [0.5, 0.6) is 0 Å². The van der Waals surface area contributed by atoms with E-state index in [2.05, 4.69) is 27.6 Å². The minimum Gasteiger partial charge on any atom is -0.385 e. The topological polar surface area (TPSA) is 48.9 Å². The van der Waals surface area contributed by atoms with Crippen LogP contribution in [0.2, 0.25) is 0 Å². The van der Waals surface area contributed by atoms with Crippen LogP contribution in [0.1, 0.15) is 57.8 Å². The smallest absolute Gasteiger partial charge is 0.191 e. The number of rotatable bonds is 9. The predicted octanol–water partition coefficient (Wildman–Crippen LogP) is 2.62. The summed E-state index contributed by atoms with van der Waals surface area (Å²) in [6.07, 6.45) is 12.0. The van der Waals surface area contributed by atoms with Crippen LogP contribution in [0.25, 0.3) is 0 Å². The SMILES string of the molecule is CN=C(NCCN(C)C1CCCC1)NCC1(CCOC)CCCC1. The molecule has 5 nitrogen and oxygen atoms in total. The number of aliphatic imine (C=N–C) groups is 1. The normalized spacial score (nSPS) is 21.6. The molecule has 2 aliphatic carbocycles. The van der Waals surface area contributed by atoms with Gasteiger partial charge in [-0.05, 0) is 44.6 Å². The Bertz CT molecular complexity index is 374. The van der Waals surface area contributed by atoms with Gasteiger partial charge in [-0.3, -0.25) is 4.99 Å². The predicted molar refractivity (Wildman–Crippen MR) is 102 cm³/mol. The van der Waals surface area contributed by atoms with Gasteiger partial charge in [0.05, 0.1) is 0 Å². The molecule has 0 atom stereocenters. The van der Waals surface area contributed by atoms with Crippen molar-refractivity contribution >= 4 is 5.96 Å². The number of nitrogens with zero attached hydrogens (tertiary/aromatic N) is 2. The Morgan fingerprint density at radius 2 is 1.88 bits per heavy atom. The van der Waals surface area contributed by atoms with Crippen molar-refractivity contribution in [2.45, 2.75) is 63.8 Å². The fourth-order valence-electron chi connectivity index (χ4n) is 4.33. The molecule has 2 N–H and O–H groups in total. The summed E-state index contributed by atoms with van der Waals surface area (Å²) in [5, 5.41) is 7.06. The molecule has 0 spiro atoms. The average molecular weight is 339 g/mol. The summed E-state index contributed by atoms with van der Waals surface area (Å²) in [5.41, 5.74) is 0.397. The zero-order chi connectivity index (χ0) is 17.3. The molecule has 24 heavy (non-hydrogen) atoms. The Kier molecular flexibility index (Phi) is 8.33. The van der Waals surface area contributed by atoms with Crippen molar-refractivity contribution in [2.24, 2.45) is 10.4 Å². The lowest BCUT2D eigenvalue weighted by atomic mass is 9.83. The van der Waals surface area contributed by atoms with Gasteiger partial charge >= 0.3 is 0 Å². The number of methoxy groups -OCH3 is 1. The third kappa shape index (κ3) is 5.92. The zero-order valence-electron chi connectivity index (χ0n) is 16.1. The maximum Gasteiger partial charge on any atom is 0.191 e. The van der Waals surface area contributed by atoms with Gasteiger partial charge in [0.25, 0.3) is 0 Å². The Morgan fingerprint density at radius 3 is 2.50 bits per heavy atom. The summed E-state index contributed by atoms with van der Waals surface area (Å²) in [4.78, 5) is 6.90. The monoisotopic (exact) mass is 338 g/mol. The van der Waals surface area contributed by atoms with Gasteiger partial charge in [0.15, 0.2) is 5.96 Å². The molecule has 0 aromatic carbocycles. The number of guanidine groups is 1. The molecule has 0 radical (unpaired) electrons. The summed E-state index contributed by atoms with van der Waals surface area (Å²) >= 11 is 0. The summed E-state index contributed by atoms with van der Waals surface area (Å²) in [6.45, 7) is 3.91. The van der Waals surface area contributed by atoms with E-state index in [0.29, 0.717) is 5.41 Å². The zero-order valence-corrected chi connectivity index (χ0v) is 16.1. The largest absolute Gasteiger partial charge is 0.385 e. The molecule has 2 fully saturated rings. The molecule has 5 heteroatoms. The van der Waals surface area contributed by atoms with Crippen LogP contribution in [-0.2, 0) is 4.74 Å². The maximum atomic E-state index is 5.32. The van der Waals surface area contributed by atoms with E-state index in [1.54, 1.807) is 7.11 Å². The molecule has 140 valence electrons. The van der Waals surface area contributed by atoms with E-state index in [-0.39, 0.29) is 0 Å².